The monoisotopic (exact) mass is 499 g/mol. The number of nitrogens with one attached hydrogen (secondary N) is 2. The van der Waals surface area contributed by atoms with E-state index in [1.807, 2.05) is 0 Å². The predicted molar refractivity (Wildman–Crippen MR) is 117 cm³/mol. The Bertz CT molecular complexity index is 1300. The third kappa shape index (κ3) is 5.88. The molecule has 0 saturated heterocycles. The minimum Gasteiger partial charge on any atom is -0.324 e. The minimum atomic E-state index is -4.20. The molecule has 3 aromatic rings. The van der Waals surface area contributed by atoms with Crippen LogP contribution < -0.4 is 15.6 Å². The van der Waals surface area contributed by atoms with E-state index in [1.165, 1.54) is 6.07 Å². The van der Waals surface area contributed by atoms with Gasteiger partial charge in [0.15, 0.2) is 0 Å². The summed E-state index contributed by atoms with van der Waals surface area (Å²) in [6, 6.07) is 8.30. The van der Waals surface area contributed by atoms with Gasteiger partial charge in [0.05, 0.1) is 11.2 Å². The van der Waals surface area contributed by atoms with Crippen molar-refractivity contribution < 1.29 is 17.6 Å². The molecule has 9 nitrogen and oxygen atoms in total. The lowest BCUT2D eigenvalue weighted by Gasteiger charge is -2.11. The topological polar surface area (TPSA) is 123 Å². The summed E-state index contributed by atoms with van der Waals surface area (Å²) in [5.74, 6) is -1.70. The number of hydrogen-bond acceptors (Lipinski definition) is 6. The number of benzene rings is 1. The maximum Gasteiger partial charge on any atom is 0.287 e. The molecule has 0 fully saturated rings. The number of nitrogens with zero attached hydrogens (tertiary/aromatic N) is 3. The van der Waals surface area contributed by atoms with Crippen LogP contribution in [0.5, 0.6) is 0 Å². The van der Waals surface area contributed by atoms with E-state index in [1.54, 1.807) is 24.4 Å². The molecular formula is C19H16Cl2FN5O4S. The quantitative estimate of drug-likeness (QED) is 0.489. The second kappa shape index (κ2) is 10.2. The van der Waals surface area contributed by atoms with Gasteiger partial charge in [0.25, 0.3) is 5.56 Å². The molecule has 3 rings (SSSR count). The van der Waals surface area contributed by atoms with Crippen LogP contribution in [-0.4, -0.2) is 35.6 Å². The first-order chi connectivity index (χ1) is 15.2. The third-order valence-corrected chi connectivity index (χ3v) is 6.36. The Balaban J connectivity index is 1.70. The van der Waals surface area contributed by atoms with Crippen LogP contribution in [0.25, 0.3) is 0 Å². The molecule has 1 amide bonds. The molecule has 168 valence electrons. The number of carbonyl (C=O) groups excluding carboxylic acids is 1. The molecule has 32 heavy (non-hydrogen) atoms. The predicted octanol–water partition coefficient (Wildman–Crippen LogP) is 2.24. The normalized spacial score (nSPS) is 11.3. The van der Waals surface area contributed by atoms with Crippen LogP contribution in [-0.2, 0) is 27.8 Å². The van der Waals surface area contributed by atoms with Crippen LogP contribution in [0.2, 0.25) is 10.0 Å². The summed E-state index contributed by atoms with van der Waals surface area (Å²) < 4.78 is 42.3. The van der Waals surface area contributed by atoms with E-state index in [2.05, 4.69) is 20.1 Å². The van der Waals surface area contributed by atoms with E-state index in [0.717, 1.165) is 23.0 Å². The first-order valence-electron chi connectivity index (χ1n) is 9.07. The van der Waals surface area contributed by atoms with Crippen molar-refractivity contribution in [3.63, 3.8) is 0 Å². The van der Waals surface area contributed by atoms with Crippen LogP contribution in [0.3, 0.4) is 0 Å². The van der Waals surface area contributed by atoms with Crippen LogP contribution in [0, 0.1) is 5.82 Å². The Kier molecular flexibility index (Phi) is 7.56. The highest BCUT2D eigenvalue weighted by Gasteiger charge is 2.20. The highest BCUT2D eigenvalue weighted by atomic mass is 35.5. The van der Waals surface area contributed by atoms with Gasteiger partial charge >= 0.3 is 0 Å². The maximum atomic E-state index is 14.2. The Morgan fingerprint density at radius 2 is 1.97 bits per heavy atom. The summed E-state index contributed by atoms with van der Waals surface area (Å²) in [6.45, 7) is -0.515. The Morgan fingerprint density at radius 3 is 2.69 bits per heavy atom. The zero-order valence-corrected chi connectivity index (χ0v) is 18.6. The lowest BCUT2D eigenvalue weighted by Crippen LogP contribution is -2.30. The first-order valence-corrected chi connectivity index (χ1v) is 11.3. The SMILES string of the molecule is O=C(Cn1ncc(Cl)c(Cl)c1=O)Nc1ccc(F)c(S(=O)(=O)NCCc2ccccn2)c1. The smallest absolute Gasteiger partial charge is 0.287 e. The number of carbonyl (C=O) groups is 1. The highest BCUT2D eigenvalue weighted by molar-refractivity contribution is 7.89. The number of sulfonamides is 1. The summed E-state index contributed by atoms with van der Waals surface area (Å²) >= 11 is 11.4. The standard InChI is InChI=1S/C19H16Cl2FN5O4S/c20-14-10-24-27(19(29)18(14)21)11-17(28)26-13-4-5-15(22)16(9-13)32(30,31)25-8-6-12-3-1-2-7-23-12/h1-5,7,9-10,25H,6,8,11H2,(H,26,28). The summed E-state index contributed by atoms with van der Waals surface area (Å²) in [7, 11) is -4.20. The molecule has 2 heterocycles. The Labute approximate surface area is 192 Å². The van der Waals surface area contributed by atoms with E-state index in [0.29, 0.717) is 12.1 Å². The van der Waals surface area contributed by atoms with E-state index in [9.17, 15) is 22.4 Å². The first kappa shape index (κ1) is 23.8. The van der Waals surface area contributed by atoms with Gasteiger partial charge in [-0.25, -0.2) is 22.2 Å². The molecular weight excluding hydrogens is 484 g/mol. The largest absolute Gasteiger partial charge is 0.324 e. The fourth-order valence-corrected chi connectivity index (χ4v) is 4.02. The minimum absolute atomic E-state index is 0.00128. The molecule has 2 aromatic heterocycles. The number of amides is 1. The Hall–Kier alpha value is -2.86. The van der Waals surface area contributed by atoms with Gasteiger partial charge in [0.1, 0.15) is 22.3 Å². The molecule has 1 aromatic carbocycles. The van der Waals surface area contributed by atoms with Crippen LogP contribution >= 0.6 is 23.2 Å². The lowest BCUT2D eigenvalue weighted by molar-refractivity contribution is -0.117. The molecule has 0 atom stereocenters. The van der Waals surface area contributed by atoms with Crippen molar-refractivity contribution in [2.75, 3.05) is 11.9 Å². The number of pyridine rings is 1. The second-order valence-electron chi connectivity index (χ2n) is 6.43. The van der Waals surface area contributed by atoms with Crippen molar-refractivity contribution in [1.82, 2.24) is 19.5 Å². The fourth-order valence-electron chi connectivity index (χ4n) is 2.62. The summed E-state index contributed by atoms with van der Waals surface area (Å²) in [5.41, 5.74) is -0.0914. The van der Waals surface area contributed by atoms with Crippen molar-refractivity contribution >= 4 is 44.8 Å². The molecule has 0 aliphatic carbocycles. The molecule has 0 saturated carbocycles. The summed E-state index contributed by atoms with van der Waals surface area (Å²) in [4.78, 5) is 27.7. The maximum absolute atomic E-state index is 14.2. The van der Waals surface area contributed by atoms with Crippen LogP contribution in [0.4, 0.5) is 10.1 Å². The van der Waals surface area contributed by atoms with E-state index in [-0.39, 0.29) is 22.3 Å². The Morgan fingerprint density at radius 1 is 1.19 bits per heavy atom. The molecule has 0 aliphatic heterocycles. The molecule has 0 aliphatic rings. The van der Waals surface area contributed by atoms with Crippen LogP contribution in [0.1, 0.15) is 5.69 Å². The fraction of sp³-hybridized carbons (Fsp3) is 0.158. The van der Waals surface area contributed by atoms with Gasteiger partial charge < -0.3 is 5.32 Å². The van der Waals surface area contributed by atoms with Crippen molar-refractivity contribution in [1.29, 1.82) is 0 Å². The molecule has 13 heteroatoms. The second-order valence-corrected chi connectivity index (χ2v) is 8.95. The van der Waals surface area contributed by atoms with Gasteiger partial charge in [-0.3, -0.25) is 14.6 Å². The van der Waals surface area contributed by atoms with Gasteiger partial charge in [-0.2, -0.15) is 5.10 Å². The molecule has 0 unspecified atom stereocenters. The number of aromatic nitrogens is 3. The van der Waals surface area contributed by atoms with Crippen molar-refractivity contribution in [2.24, 2.45) is 0 Å². The molecule has 0 radical (unpaired) electrons. The van der Waals surface area contributed by atoms with E-state index in [4.69, 9.17) is 23.2 Å². The third-order valence-electron chi connectivity index (χ3n) is 4.14. The van der Waals surface area contributed by atoms with Crippen LogP contribution in [0.15, 0.2) is 58.5 Å². The number of rotatable bonds is 8. The van der Waals surface area contributed by atoms with E-state index < -0.39 is 38.7 Å². The van der Waals surface area contributed by atoms with Crippen molar-refractivity contribution in [3.8, 4) is 0 Å². The summed E-state index contributed by atoms with van der Waals surface area (Å²) in [5, 5.41) is 5.75. The van der Waals surface area contributed by atoms with Gasteiger partial charge in [0.2, 0.25) is 15.9 Å². The van der Waals surface area contributed by atoms with Crippen molar-refractivity contribution in [3.05, 3.63) is 80.7 Å². The summed E-state index contributed by atoms with van der Waals surface area (Å²) in [6.07, 6.45) is 3.00. The zero-order valence-electron chi connectivity index (χ0n) is 16.3. The number of anilines is 1. The van der Waals surface area contributed by atoms with Gasteiger partial charge in [-0.1, -0.05) is 29.3 Å². The molecule has 2 N–H and O–H groups in total. The average molecular weight is 500 g/mol. The molecule has 0 bridgehead atoms. The zero-order chi connectivity index (χ0) is 23.3. The number of hydrogen-bond donors (Lipinski definition) is 2. The van der Waals surface area contributed by atoms with E-state index >= 15 is 0 Å². The lowest BCUT2D eigenvalue weighted by atomic mass is 10.3. The molecule has 0 spiro atoms. The average Bonchev–Trinajstić information content (AvgIpc) is 2.76. The number of halogens is 3. The van der Waals surface area contributed by atoms with Gasteiger partial charge in [-0.05, 0) is 30.3 Å². The van der Waals surface area contributed by atoms with Gasteiger partial charge in [-0.15, -0.1) is 0 Å². The van der Waals surface area contributed by atoms with Crippen molar-refractivity contribution in [2.45, 2.75) is 17.9 Å². The highest BCUT2D eigenvalue weighted by Crippen LogP contribution is 2.20. The van der Waals surface area contributed by atoms with Gasteiger partial charge in [0, 0.05) is 30.5 Å².